The molecule has 0 fully saturated rings. The number of hydrogen-bond donors (Lipinski definition) is 2. The van der Waals surface area contributed by atoms with Gasteiger partial charge in [-0.15, -0.1) is 0 Å². The van der Waals surface area contributed by atoms with Gasteiger partial charge in [0.05, 0.1) is 11.3 Å². The molecule has 1 aliphatic rings. The molecule has 0 radical (unpaired) electrons. The number of rotatable bonds is 5. The SMILES string of the molecule is CCCN(CC(=O)O)C(=O)c1cc2c(cc1Br)NC(=O)CO2. The van der Waals surface area contributed by atoms with Gasteiger partial charge in [-0.25, -0.2) is 0 Å². The molecule has 0 unspecified atom stereocenters. The van der Waals surface area contributed by atoms with Gasteiger partial charge in [0.2, 0.25) is 0 Å². The van der Waals surface area contributed by atoms with Crippen molar-refractivity contribution in [1.82, 2.24) is 4.90 Å². The lowest BCUT2D eigenvalue weighted by Gasteiger charge is -2.23. The third-order valence-corrected chi connectivity index (χ3v) is 3.70. The summed E-state index contributed by atoms with van der Waals surface area (Å²) < 4.78 is 5.75. The first-order valence-electron chi connectivity index (χ1n) is 6.69. The first-order valence-corrected chi connectivity index (χ1v) is 7.49. The Labute approximate surface area is 135 Å². The summed E-state index contributed by atoms with van der Waals surface area (Å²) in [6.07, 6.45) is 0.647. The van der Waals surface area contributed by atoms with E-state index in [4.69, 9.17) is 9.84 Å². The predicted octanol–water partition coefficient (Wildman–Crippen LogP) is 1.72. The van der Waals surface area contributed by atoms with Crippen LogP contribution in [0.5, 0.6) is 5.75 Å². The Kier molecular flexibility index (Phi) is 5.02. The first kappa shape index (κ1) is 16.3. The topological polar surface area (TPSA) is 95.9 Å². The normalized spacial score (nSPS) is 12.9. The molecule has 0 aromatic heterocycles. The van der Waals surface area contributed by atoms with Gasteiger partial charge in [0, 0.05) is 11.0 Å². The molecular weight excluding hydrogens is 356 g/mol. The summed E-state index contributed by atoms with van der Waals surface area (Å²) in [5.41, 5.74) is 0.768. The monoisotopic (exact) mass is 370 g/mol. The number of anilines is 1. The summed E-state index contributed by atoms with van der Waals surface area (Å²) in [6, 6.07) is 3.08. The van der Waals surface area contributed by atoms with E-state index in [1.54, 1.807) is 6.07 Å². The Morgan fingerprint density at radius 1 is 1.45 bits per heavy atom. The van der Waals surface area contributed by atoms with E-state index in [9.17, 15) is 14.4 Å². The molecule has 0 saturated carbocycles. The highest BCUT2D eigenvalue weighted by Gasteiger charge is 2.24. The molecule has 7 nitrogen and oxygen atoms in total. The first-order chi connectivity index (χ1) is 10.4. The molecule has 22 heavy (non-hydrogen) atoms. The number of halogens is 1. The van der Waals surface area contributed by atoms with Crippen molar-refractivity contribution in [3.8, 4) is 5.75 Å². The lowest BCUT2D eigenvalue weighted by molar-refractivity contribution is -0.137. The number of carbonyl (C=O) groups excluding carboxylic acids is 2. The van der Waals surface area contributed by atoms with E-state index in [1.165, 1.54) is 11.0 Å². The zero-order valence-corrected chi connectivity index (χ0v) is 13.5. The third-order valence-electron chi connectivity index (χ3n) is 3.04. The molecule has 0 spiro atoms. The van der Waals surface area contributed by atoms with Gasteiger partial charge in [-0.05, 0) is 34.5 Å². The van der Waals surface area contributed by atoms with E-state index in [-0.39, 0.29) is 19.1 Å². The lowest BCUT2D eigenvalue weighted by atomic mass is 10.1. The standard InChI is InChI=1S/C14H15BrN2O5/c1-2-3-17(6-13(19)20)14(21)8-4-11-10(5-9(8)15)16-12(18)7-22-11/h4-5H,2-3,6-7H2,1H3,(H,16,18)(H,19,20). The van der Waals surface area contributed by atoms with Crippen LogP contribution in [-0.4, -0.2) is 47.5 Å². The molecule has 1 heterocycles. The number of fused-ring (bicyclic) bond motifs is 1. The maximum absolute atomic E-state index is 12.5. The van der Waals surface area contributed by atoms with Gasteiger partial charge in [-0.2, -0.15) is 0 Å². The second-order valence-electron chi connectivity index (χ2n) is 4.79. The van der Waals surface area contributed by atoms with Crippen molar-refractivity contribution in [2.24, 2.45) is 0 Å². The maximum atomic E-state index is 12.5. The molecule has 118 valence electrons. The second kappa shape index (κ2) is 6.78. The van der Waals surface area contributed by atoms with Gasteiger partial charge < -0.3 is 20.1 Å². The van der Waals surface area contributed by atoms with Crippen molar-refractivity contribution in [2.45, 2.75) is 13.3 Å². The molecule has 0 bridgehead atoms. The average molecular weight is 371 g/mol. The van der Waals surface area contributed by atoms with Crippen LogP contribution in [-0.2, 0) is 9.59 Å². The Balaban J connectivity index is 2.32. The summed E-state index contributed by atoms with van der Waals surface area (Å²) in [5, 5.41) is 11.6. The smallest absolute Gasteiger partial charge is 0.323 e. The summed E-state index contributed by atoms with van der Waals surface area (Å²) in [4.78, 5) is 36.0. The number of nitrogens with one attached hydrogen (secondary N) is 1. The number of ether oxygens (including phenoxy) is 1. The Bertz CT molecular complexity index is 632. The number of carboxylic acid groups (broad SMARTS) is 1. The minimum atomic E-state index is -1.07. The van der Waals surface area contributed by atoms with Crippen molar-refractivity contribution in [1.29, 1.82) is 0 Å². The van der Waals surface area contributed by atoms with Crippen molar-refractivity contribution in [3.63, 3.8) is 0 Å². The van der Waals surface area contributed by atoms with Gasteiger partial charge in [-0.3, -0.25) is 14.4 Å². The largest absolute Gasteiger partial charge is 0.482 e. The van der Waals surface area contributed by atoms with E-state index < -0.39 is 11.9 Å². The Hall–Kier alpha value is -2.09. The predicted molar refractivity (Wildman–Crippen MR) is 82.1 cm³/mol. The molecule has 1 aliphatic heterocycles. The van der Waals surface area contributed by atoms with Crippen molar-refractivity contribution in [2.75, 3.05) is 25.0 Å². The van der Waals surface area contributed by atoms with Gasteiger partial charge in [-0.1, -0.05) is 6.92 Å². The number of carbonyl (C=O) groups is 3. The fourth-order valence-corrected chi connectivity index (χ4v) is 2.63. The van der Waals surface area contributed by atoms with Crippen LogP contribution in [0.25, 0.3) is 0 Å². The Morgan fingerprint density at radius 3 is 2.82 bits per heavy atom. The molecule has 2 rings (SSSR count). The number of hydrogen-bond acceptors (Lipinski definition) is 4. The molecule has 0 aliphatic carbocycles. The van der Waals surface area contributed by atoms with Crippen LogP contribution in [0.15, 0.2) is 16.6 Å². The van der Waals surface area contributed by atoms with Crippen LogP contribution in [0, 0.1) is 0 Å². The molecule has 2 amide bonds. The van der Waals surface area contributed by atoms with Gasteiger partial charge in [0.15, 0.2) is 6.61 Å². The molecule has 2 N–H and O–H groups in total. The van der Waals surface area contributed by atoms with Crippen molar-refractivity contribution >= 4 is 39.4 Å². The van der Waals surface area contributed by atoms with Crippen LogP contribution in [0.2, 0.25) is 0 Å². The molecule has 0 atom stereocenters. The summed E-state index contributed by atoms with van der Waals surface area (Å²) in [5.74, 6) is -1.35. The highest BCUT2D eigenvalue weighted by atomic mass is 79.9. The van der Waals surface area contributed by atoms with Crippen LogP contribution in [0.3, 0.4) is 0 Å². The van der Waals surface area contributed by atoms with Crippen LogP contribution < -0.4 is 10.1 Å². The number of nitrogens with zero attached hydrogens (tertiary/aromatic N) is 1. The van der Waals surface area contributed by atoms with Gasteiger partial charge in [0.25, 0.3) is 11.8 Å². The number of benzene rings is 1. The van der Waals surface area contributed by atoms with E-state index in [0.717, 1.165) is 0 Å². The number of amides is 2. The highest BCUT2D eigenvalue weighted by Crippen LogP contribution is 2.34. The van der Waals surface area contributed by atoms with E-state index >= 15 is 0 Å². The van der Waals surface area contributed by atoms with E-state index in [1.807, 2.05) is 6.92 Å². The van der Waals surface area contributed by atoms with E-state index in [2.05, 4.69) is 21.2 Å². The van der Waals surface area contributed by atoms with Crippen molar-refractivity contribution < 1.29 is 24.2 Å². The zero-order valence-electron chi connectivity index (χ0n) is 11.9. The summed E-state index contributed by atoms with van der Waals surface area (Å²) in [6.45, 7) is 1.72. The van der Waals surface area contributed by atoms with Crippen LogP contribution in [0.1, 0.15) is 23.7 Å². The quantitative estimate of drug-likeness (QED) is 0.822. The van der Waals surface area contributed by atoms with Crippen LogP contribution >= 0.6 is 15.9 Å². The minimum Gasteiger partial charge on any atom is -0.482 e. The van der Waals surface area contributed by atoms with Gasteiger partial charge >= 0.3 is 5.97 Å². The third kappa shape index (κ3) is 3.56. The fourth-order valence-electron chi connectivity index (χ4n) is 2.12. The molecule has 1 aromatic rings. The minimum absolute atomic E-state index is 0.115. The second-order valence-corrected chi connectivity index (χ2v) is 5.64. The van der Waals surface area contributed by atoms with Gasteiger partial charge in [0.1, 0.15) is 12.3 Å². The summed E-state index contributed by atoms with van der Waals surface area (Å²) in [7, 11) is 0. The van der Waals surface area contributed by atoms with E-state index in [0.29, 0.717) is 34.4 Å². The van der Waals surface area contributed by atoms with Crippen molar-refractivity contribution in [3.05, 3.63) is 22.2 Å². The molecule has 1 aromatic carbocycles. The average Bonchev–Trinajstić information content (AvgIpc) is 2.45. The highest BCUT2D eigenvalue weighted by molar-refractivity contribution is 9.10. The zero-order chi connectivity index (χ0) is 16.3. The number of aliphatic carboxylic acids is 1. The lowest BCUT2D eigenvalue weighted by Crippen LogP contribution is -2.36. The molecule has 0 saturated heterocycles. The van der Waals surface area contributed by atoms with Crippen LogP contribution in [0.4, 0.5) is 5.69 Å². The molecule has 8 heteroatoms. The molecular formula is C14H15BrN2O5. The summed E-state index contributed by atoms with van der Waals surface area (Å²) >= 11 is 3.28. The fraction of sp³-hybridized carbons (Fsp3) is 0.357. The Morgan fingerprint density at radius 2 is 2.18 bits per heavy atom. The maximum Gasteiger partial charge on any atom is 0.323 e. The number of carboxylic acids is 1.